The molecule has 44 heavy (non-hydrogen) atoms. The summed E-state index contributed by atoms with van der Waals surface area (Å²) >= 11 is 0. The SMILES string of the molecule is CC(C)CCC(=O)C1CC(OC(=O)C2CCCN2)CC1C(=O)C(NC(=O)COCCOCCOCCNC(C)C)C(C)(C)C. The molecule has 1 aliphatic heterocycles. The fourth-order valence-corrected chi connectivity index (χ4v) is 5.66. The van der Waals surface area contributed by atoms with Crippen molar-refractivity contribution in [2.45, 2.75) is 111 Å². The van der Waals surface area contributed by atoms with Crippen molar-refractivity contribution in [1.82, 2.24) is 16.0 Å². The first-order valence-corrected chi connectivity index (χ1v) is 16.6. The molecule has 0 aromatic heterocycles. The smallest absolute Gasteiger partial charge is 0.323 e. The molecule has 0 aromatic carbocycles. The van der Waals surface area contributed by atoms with Gasteiger partial charge in [-0.15, -0.1) is 0 Å². The number of hydrogen-bond acceptors (Lipinski definition) is 10. The maximum absolute atomic E-state index is 14.0. The minimum atomic E-state index is -0.825. The molecule has 5 atom stereocenters. The second kappa shape index (κ2) is 19.6. The number of ketones is 2. The van der Waals surface area contributed by atoms with Gasteiger partial charge in [-0.2, -0.15) is 0 Å². The van der Waals surface area contributed by atoms with Crippen LogP contribution in [0.5, 0.6) is 0 Å². The van der Waals surface area contributed by atoms with Crippen molar-refractivity contribution >= 4 is 23.4 Å². The molecule has 0 spiro atoms. The summed E-state index contributed by atoms with van der Waals surface area (Å²) in [5.41, 5.74) is -0.603. The third kappa shape index (κ3) is 14.0. The molecule has 1 saturated heterocycles. The zero-order valence-corrected chi connectivity index (χ0v) is 28.2. The Morgan fingerprint density at radius 2 is 1.52 bits per heavy atom. The Labute approximate surface area is 264 Å². The number of esters is 1. The van der Waals surface area contributed by atoms with Crippen LogP contribution in [0.25, 0.3) is 0 Å². The largest absolute Gasteiger partial charge is 0.461 e. The highest BCUT2D eigenvalue weighted by Gasteiger charge is 2.48. The number of nitrogens with one attached hydrogen (secondary N) is 3. The molecule has 1 amide bonds. The molecular formula is C33H59N3O8. The van der Waals surface area contributed by atoms with E-state index < -0.39 is 35.3 Å². The van der Waals surface area contributed by atoms with Gasteiger partial charge in [-0.25, -0.2) is 0 Å². The van der Waals surface area contributed by atoms with Gasteiger partial charge in [0.2, 0.25) is 5.91 Å². The van der Waals surface area contributed by atoms with Crippen molar-refractivity contribution in [1.29, 1.82) is 0 Å². The summed E-state index contributed by atoms with van der Waals surface area (Å²) in [6.45, 7) is 17.4. The standard InChI is InChI=1S/C33H59N3O8/c1-22(2)10-11-28(37)25-19-24(44-32(40)27-9-8-12-35-27)20-26(25)30(39)31(33(5,6)7)36-29(38)21-43-18-17-42-16-15-41-14-13-34-23(3)4/h22-27,31,34-35H,8-21H2,1-7H3,(H,36,38). The molecule has 5 unspecified atom stereocenters. The molecule has 3 N–H and O–H groups in total. The average molecular weight is 626 g/mol. The number of Topliss-reactive ketones (excluding diaryl/α,β-unsaturated/α-hetero) is 2. The summed E-state index contributed by atoms with van der Waals surface area (Å²) in [5, 5.41) is 9.30. The van der Waals surface area contributed by atoms with E-state index in [4.69, 9.17) is 18.9 Å². The normalized spacial score (nSPS) is 22.8. The molecule has 2 rings (SSSR count). The lowest BCUT2D eigenvalue weighted by atomic mass is 9.76. The van der Waals surface area contributed by atoms with E-state index in [1.165, 1.54) is 0 Å². The van der Waals surface area contributed by atoms with Crippen molar-refractivity contribution in [3.05, 3.63) is 0 Å². The van der Waals surface area contributed by atoms with Crippen molar-refractivity contribution in [3.63, 3.8) is 0 Å². The Kier molecular flexibility index (Phi) is 17.0. The van der Waals surface area contributed by atoms with Crippen LogP contribution in [0.4, 0.5) is 0 Å². The highest BCUT2D eigenvalue weighted by Crippen LogP contribution is 2.39. The van der Waals surface area contributed by atoms with Gasteiger partial charge in [-0.1, -0.05) is 48.5 Å². The van der Waals surface area contributed by atoms with Crippen LogP contribution in [0.3, 0.4) is 0 Å². The number of carbonyl (C=O) groups is 4. The lowest BCUT2D eigenvalue weighted by Crippen LogP contribution is -2.53. The fraction of sp³-hybridized carbons (Fsp3) is 0.879. The van der Waals surface area contributed by atoms with Crippen LogP contribution < -0.4 is 16.0 Å². The van der Waals surface area contributed by atoms with E-state index in [2.05, 4.69) is 43.6 Å². The number of amides is 1. The van der Waals surface area contributed by atoms with Crippen molar-refractivity contribution in [2.75, 3.05) is 52.7 Å². The minimum Gasteiger partial charge on any atom is -0.461 e. The zero-order valence-electron chi connectivity index (χ0n) is 28.2. The highest BCUT2D eigenvalue weighted by molar-refractivity contribution is 5.96. The van der Waals surface area contributed by atoms with E-state index in [0.717, 1.165) is 32.4 Å². The van der Waals surface area contributed by atoms with Gasteiger partial charge in [0, 0.05) is 30.8 Å². The predicted octanol–water partition coefficient (Wildman–Crippen LogP) is 2.83. The number of ether oxygens (including phenoxy) is 4. The first kappa shape index (κ1) is 38.3. The van der Waals surface area contributed by atoms with Crippen molar-refractivity contribution < 1.29 is 38.1 Å². The van der Waals surface area contributed by atoms with Crippen LogP contribution in [-0.2, 0) is 38.1 Å². The summed E-state index contributed by atoms with van der Waals surface area (Å²) in [6, 6.07) is -0.738. The van der Waals surface area contributed by atoms with Crippen molar-refractivity contribution in [2.24, 2.45) is 23.2 Å². The molecule has 1 saturated carbocycles. The van der Waals surface area contributed by atoms with Crippen LogP contribution in [-0.4, -0.2) is 100 Å². The van der Waals surface area contributed by atoms with E-state index in [0.29, 0.717) is 51.2 Å². The van der Waals surface area contributed by atoms with E-state index >= 15 is 0 Å². The number of hydrogen-bond donors (Lipinski definition) is 3. The Hall–Kier alpha value is -1.92. The molecule has 2 fully saturated rings. The van der Waals surface area contributed by atoms with E-state index in [1.807, 2.05) is 20.8 Å². The van der Waals surface area contributed by atoms with E-state index in [-0.39, 0.29) is 43.2 Å². The van der Waals surface area contributed by atoms with Crippen LogP contribution in [0.1, 0.15) is 87.0 Å². The zero-order chi connectivity index (χ0) is 32.7. The molecule has 1 heterocycles. The summed E-state index contributed by atoms with van der Waals surface area (Å²) in [5.74, 6) is -1.72. The van der Waals surface area contributed by atoms with Gasteiger partial charge in [-0.05, 0) is 50.0 Å². The molecule has 1 aliphatic carbocycles. The number of carbonyl (C=O) groups excluding carboxylic acids is 4. The van der Waals surface area contributed by atoms with Crippen molar-refractivity contribution in [3.8, 4) is 0 Å². The fourth-order valence-electron chi connectivity index (χ4n) is 5.66. The van der Waals surface area contributed by atoms with Gasteiger partial charge < -0.3 is 34.9 Å². The summed E-state index contributed by atoms with van der Waals surface area (Å²) in [6.07, 6.45) is 2.85. The Bertz CT molecular complexity index is 898. The summed E-state index contributed by atoms with van der Waals surface area (Å²) < 4.78 is 22.3. The van der Waals surface area contributed by atoms with Crippen LogP contribution in [0, 0.1) is 23.2 Å². The molecule has 254 valence electrons. The van der Waals surface area contributed by atoms with Gasteiger partial charge in [0.05, 0.1) is 39.1 Å². The third-order valence-corrected chi connectivity index (χ3v) is 8.13. The minimum absolute atomic E-state index is 0.0227. The maximum Gasteiger partial charge on any atom is 0.323 e. The van der Waals surface area contributed by atoms with Gasteiger partial charge >= 0.3 is 5.97 Å². The molecule has 11 nitrogen and oxygen atoms in total. The Morgan fingerprint density at radius 1 is 0.886 bits per heavy atom. The first-order chi connectivity index (χ1) is 20.8. The Morgan fingerprint density at radius 3 is 2.11 bits per heavy atom. The van der Waals surface area contributed by atoms with Gasteiger partial charge in [0.1, 0.15) is 24.5 Å². The lowest BCUT2D eigenvalue weighted by molar-refractivity contribution is -0.151. The van der Waals surface area contributed by atoms with Gasteiger partial charge in [0.15, 0.2) is 5.78 Å². The summed E-state index contributed by atoms with van der Waals surface area (Å²) in [7, 11) is 0. The predicted molar refractivity (Wildman–Crippen MR) is 168 cm³/mol. The molecule has 0 radical (unpaired) electrons. The number of rotatable bonds is 21. The monoisotopic (exact) mass is 625 g/mol. The second-order valence-electron chi connectivity index (χ2n) is 13.9. The topological polar surface area (TPSA) is 141 Å². The highest BCUT2D eigenvalue weighted by atomic mass is 16.5. The molecule has 0 aromatic rings. The molecular weight excluding hydrogens is 566 g/mol. The third-order valence-electron chi connectivity index (χ3n) is 8.13. The van der Waals surface area contributed by atoms with E-state index in [9.17, 15) is 19.2 Å². The van der Waals surface area contributed by atoms with Crippen LogP contribution in [0.2, 0.25) is 0 Å². The Balaban J connectivity index is 1.90. The first-order valence-electron chi connectivity index (χ1n) is 16.6. The van der Waals surface area contributed by atoms with E-state index in [1.54, 1.807) is 0 Å². The molecule has 11 heteroatoms. The summed E-state index contributed by atoms with van der Waals surface area (Å²) in [4.78, 5) is 53.0. The van der Waals surface area contributed by atoms with Gasteiger partial charge in [-0.3, -0.25) is 19.2 Å². The molecule has 0 bridgehead atoms. The second-order valence-corrected chi connectivity index (χ2v) is 13.9. The quantitative estimate of drug-likeness (QED) is 0.129. The maximum atomic E-state index is 14.0. The average Bonchev–Trinajstić information content (AvgIpc) is 3.63. The van der Waals surface area contributed by atoms with Crippen LogP contribution in [0.15, 0.2) is 0 Å². The van der Waals surface area contributed by atoms with Gasteiger partial charge in [0.25, 0.3) is 0 Å². The molecule has 2 aliphatic rings. The lowest BCUT2D eigenvalue weighted by Gasteiger charge is -2.33. The van der Waals surface area contributed by atoms with Crippen LogP contribution >= 0.6 is 0 Å².